The van der Waals surface area contributed by atoms with Crippen LogP contribution in [0, 0.1) is 0 Å². The number of methoxy groups -OCH3 is 2. The molecule has 0 amide bonds. The Bertz CT molecular complexity index is 616. The number of phenols is 1. The molecule has 0 aliphatic carbocycles. The van der Waals surface area contributed by atoms with Gasteiger partial charge in [0.25, 0.3) is 0 Å². The Labute approximate surface area is 132 Å². The lowest BCUT2D eigenvalue weighted by Gasteiger charge is -2.10. The highest BCUT2D eigenvalue weighted by Crippen LogP contribution is 2.27. The average Bonchev–Trinajstić information content (AvgIpc) is 2.50. The van der Waals surface area contributed by atoms with Crippen LogP contribution in [-0.2, 0) is 13.1 Å². The summed E-state index contributed by atoms with van der Waals surface area (Å²) >= 11 is 3.31. The Morgan fingerprint density at radius 1 is 0.952 bits per heavy atom. The maximum Gasteiger partial charge on any atom is 0.161 e. The fourth-order valence-electron chi connectivity index (χ4n) is 2.00. The van der Waals surface area contributed by atoms with Crippen LogP contribution in [-0.4, -0.2) is 19.3 Å². The number of nitrogens with one attached hydrogen (secondary N) is 1. The molecule has 0 saturated heterocycles. The molecule has 0 heterocycles. The van der Waals surface area contributed by atoms with Gasteiger partial charge in [-0.1, -0.05) is 12.1 Å². The Hall–Kier alpha value is -1.72. The largest absolute Gasteiger partial charge is 0.507 e. The number of benzene rings is 2. The SMILES string of the molecule is COc1ccc(CNCc2ccc(O)c(Br)c2)cc1OC. The lowest BCUT2D eigenvalue weighted by Crippen LogP contribution is -2.12. The summed E-state index contributed by atoms with van der Waals surface area (Å²) in [5.41, 5.74) is 2.21. The predicted molar refractivity (Wildman–Crippen MR) is 85.9 cm³/mol. The predicted octanol–water partition coefficient (Wildman–Crippen LogP) is 3.46. The van der Waals surface area contributed by atoms with Gasteiger partial charge in [-0.15, -0.1) is 0 Å². The summed E-state index contributed by atoms with van der Waals surface area (Å²) in [4.78, 5) is 0. The number of aromatic hydroxyl groups is 1. The molecule has 2 aromatic carbocycles. The monoisotopic (exact) mass is 351 g/mol. The van der Waals surface area contributed by atoms with Crippen molar-refractivity contribution in [1.29, 1.82) is 0 Å². The van der Waals surface area contributed by atoms with E-state index < -0.39 is 0 Å². The molecule has 0 atom stereocenters. The fraction of sp³-hybridized carbons (Fsp3) is 0.250. The quantitative estimate of drug-likeness (QED) is 0.836. The van der Waals surface area contributed by atoms with Crippen molar-refractivity contribution < 1.29 is 14.6 Å². The molecule has 2 N–H and O–H groups in total. The van der Waals surface area contributed by atoms with Crippen molar-refractivity contribution in [3.8, 4) is 17.2 Å². The molecule has 2 rings (SSSR count). The number of hydrogen-bond donors (Lipinski definition) is 2. The molecule has 112 valence electrons. The summed E-state index contributed by atoms with van der Waals surface area (Å²) in [6.07, 6.45) is 0. The van der Waals surface area contributed by atoms with Gasteiger partial charge in [0.2, 0.25) is 0 Å². The standard InChI is InChI=1S/C16H18BrNO3/c1-20-15-6-4-12(8-16(15)21-2)10-18-9-11-3-5-14(19)13(17)7-11/h3-8,18-19H,9-10H2,1-2H3. The van der Waals surface area contributed by atoms with E-state index in [1.165, 1.54) is 0 Å². The average molecular weight is 352 g/mol. The van der Waals surface area contributed by atoms with Gasteiger partial charge in [0.15, 0.2) is 11.5 Å². The highest BCUT2D eigenvalue weighted by atomic mass is 79.9. The van der Waals surface area contributed by atoms with Crippen LogP contribution in [0.15, 0.2) is 40.9 Å². The Kier molecular flexibility index (Phi) is 5.47. The minimum Gasteiger partial charge on any atom is -0.507 e. The fourth-order valence-corrected chi connectivity index (χ4v) is 2.43. The minimum atomic E-state index is 0.249. The van der Waals surface area contributed by atoms with Crippen LogP contribution in [0.4, 0.5) is 0 Å². The molecule has 0 radical (unpaired) electrons. The van der Waals surface area contributed by atoms with Gasteiger partial charge in [0.1, 0.15) is 5.75 Å². The summed E-state index contributed by atoms with van der Waals surface area (Å²) in [5, 5.41) is 12.8. The Balaban J connectivity index is 1.95. The van der Waals surface area contributed by atoms with Gasteiger partial charge < -0.3 is 19.9 Å². The van der Waals surface area contributed by atoms with E-state index in [-0.39, 0.29) is 5.75 Å². The lowest BCUT2D eigenvalue weighted by molar-refractivity contribution is 0.354. The van der Waals surface area contributed by atoms with Gasteiger partial charge in [-0.25, -0.2) is 0 Å². The zero-order chi connectivity index (χ0) is 15.2. The molecule has 0 saturated carbocycles. The number of rotatable bonds is 6. The molecule has 0 aliphatic heterocycles. The van der Waals surface area contributed by atoms with Crippen LogP contribution in [0.3, 0.4) is 0 Å². The van der Waals surface area contributed by atoms with Crippen molar-refractivity contribution in [3.63, 3.8) is 0 Å². The van der Waals surface area contributed by atoms with Crippen molar-refractivity contribution >= 4 is 15.9 Å². The topological polar surface area (TPSA) is 50.7 Å². The van der Waals surface area contributed by atoms with E-state index in [1.54, 1.807) is 20.3 Å². The summed E-state index contributed by atoms with van der Waals surface area (Å²) in [6.45, 7) is 1.44. The van der Waals surface area contributed by atoms with Gasteiger partial charge in [-0.2, -0.15) is 0 Å². The first kappa shape index (κ1) is 15.7. The van der Waals surface area contributed by atoms with E-state index in [4.69, 9.17) is 9.47 Å². The van der Waals surface area contributed by atoms with Crippen molar-refractivity contribution in [2.75, 3.05) is 14.2 Å². The second kappa shape index (κ2) is 7.33. The van der Waals surface area contributed by atoms with E-state index >= 15 is 0 Å². The molecular formula is C16H18BrNO3. The van der Waals surface area contributed by atoms with Crippen molar-refractivity contribution in [2.24, 2.45) is 0 Å². The molecule has 0 fully saturated rings. The number of halogens is 1. The van der Waals surface area contributed by atoms with Gasteiger partial charge >= 0.3 is 0 Å². The van der Waals surface area contributed by atoms with Gasteiger partial charge in [-0.3, -0.25) is 0 Å². The third-order valence-corrected chi connectivity index (χ3v) is 3.75. The third-order valence-electron chi connectivity index (χ3n) is 3.12. The molecule has 2 aromatic rings. The van der Waals surface area contributed by atoms with Crippen LogP contribution in [0.1, 0.15) is 11.1 Å². The second-order valence-corrected chi connectivity index (χ2v) is 5.43. The maximum absolute atomic E-state index is 9.46. The normalized spacial score (nSPS) is 10.4. The molecule has 0 aromatic heterocycles. The molecule has 0 bridgehead atoms. The molecule has 21 heavy (non-hydrogen) atoms. The van der Waals surface area contributed by atoms with E-state index in [2.05, 4.69) is 21.2 Å². The summed E-state index contributed by atoms with van der Waals surface area (Å²) in [6, 6.07) is 11.3. The van der Waals surface area contributed by atoms with Gasteiger partial charge in [-0.05, 0) is 51.3 Å². The molecule has 5 heteroatoms. The number of ether oxygens (including phenoxy) is 2. The zero-order valence-electron chi connectivity index (χ0n) is 12.0. The van der Waals surface area contributed by atoms with Crippen LogP contribution in [0.25, 0.3) is 0 Å². The van der Waals surface area contributed by atoms with E-state index in [1.807, 2.05) is 30.3 Å². The van der Waals surface area contributed by atoms with Gasteiger partial charge in [0, 0.05) is 13.1 Å². The Morgan fingerprint density at radius 3 is 2.19 bits per heavy atom. The summed E-state index contributed by atoms with van der Waals surface area (Å²) in [5.74, 6) is 1.70. The maximum atomic E-state index is 9.46. The van der Waals surface area contributed by atoms with Gasteiger partial charge in [0.05, 0.1) is 18.7 Å². The van der Waals surface area contributed by atoms with E-state index in [0.717, 1.165) is 29.2 Å². The van der Waals surface area contributed by atoms with Crippen molar-refractivity contribution in [2.45, 2.75) is 13.1 Å². The lowest BCUT2D eigenvalue weighted by atomic mass is 10.2. The first-order valence-corrected chi connectivity index (χ1v) is 7.32. The summed E-state index contributed by atoms with van der Waals surface area (Å²) < 4.78 is 11.2. The molecule has 0 aliphatic rings. The first-order valence-electron chi connectivity index (χ1n) is 6.53. The van der Waals surface area contributed by atoms with Crippen LogP contribution >= 0.6 is 15.9 Å². The van der Waals surface area contributed by atoms with Crippen LogP contribution < -0.4 is 14.8 Å². The van der Waals surface area contributed by atoms with Crippen LogP contribution in [0.5, 0.6) is 17.2 Å². The Morgan fingerprint density at radius 2 is 1.57 bits per heavy atom. The second-order valence-electron chi connectivity index (χ2n) is 4.58. The highest BCUT2D eigenvalue weighted by molar-refractivity contribution is 9.10. The zero-order valence-corrected chi connectivity index (χ0v) is 13.6. The smallest absolute Gasteiger partial charge is 0.161 e. The highest BCUT2D eigenvalue weighted by Gasteiger charge is 2.04. The molecule has 0 spiro atoms. The van der Waals surface area contributed by atoms with Crippen molar-refractivity contribution in [3.05, 3.63) is 52.0 Å². The van der Waals surface area contributed by atoms with Crippen LogP contribution in [0.2, 0.25) is 0 Å². The summed E-state index contributed by atoms with van der Waals surface area (Å²) in [7, 11) is 3.25. The minimum absolute atomic E-state index is 0.249. The molecule has 4 nitrogen and oxygen atoms in total. The number of phenolic OH excluding ortho intramolecular Hbond substituents is 1. The van der Waals surface area contributed by atoms with E-state index in [9.17, 15) is 5.11 Å². The third kappa shape index (κ3) is 4.12. The first-order chi connectivity index (χ1) is 10.1. The number of hydrogen-bond acceptors (Lipinski definition) is 4. The molecular weight excluding hydrogens is 334 g/mol. The molecule has 0 unspecified atom stereocenters. The van der Waals surface area contributed by atoms with E-state index in [0.29, 0.717) is 11.0 Å². The van der Waals surface area contributed by atoms with Crippen molar-refractivity contribution in [1.82, 2.24) is 5.32 Å².